The van der Waals surface area contributed by atoms with E-state index in [-0.39, 0.29) is 17.7 Å². The number of esters is 2. The molecule has 2 bridgehead atoms. The zero-order valence-corrected chi connectivity index (χ0v) is 18.4. The first-order valence-electron chi connectivity index (χ1n) is 10.6. The van der Waals surface area contributed by atoms with Crippen LogP contribution < -0.4 is 0 Å². The molecule has 1 saturated heterocycles. The number of thiocarbonyl (C=S) groups is 1. The van der Waals surface area contributed by atoms with Gasteiger partial charge in [0.1, 0.15) is 12.2 Å². The molecule has 7 nitrogen and oxygen atoms in total. The van der Waals surface area contributed by atoms with Crippen LogP contribution in [-0.2, 0) is 30.3 Å². The number of amides is 1. The lowest BCUT2D eigenvalue weighted by atomic mass is 9.87. The van der Waals surface area contributed by atoms with Crippen LogP contribution in [0.25, 0.3) is 10.9 Å². The highest BCUT2D eigenvalue weighted by Gasteiger charge is 2.46. The Kier molecular flexibility index (Phi) is 6.09. The molecule has 4 rings (SSSR count). The lowest BCUT2D eigenvalue weighted by Gasteiger charge is -2.36. The largest absolute Gasteiger partial charge is 0.459 e. The Morgan fingerprint density at radius 2 is 1.71 bits per heavy atom. The first-order chi connectivity index (χ1) is 14.8. The van der Waals surface area contributed by atoms with Crippen molar-refractivity contribution in [3.8, 4) is 0 Å². The van der Waals surface area contributed by atoms with Crippen molar-refractivity contribution in [2.75, 3.05) is 6.54 Å². The van der Waals surface area contributed by atoms with Gasteiger partial charge in [-0.3, -0.25) is 14.4 Å². The second-order valence-corrected chi connectivity index (χ2v) is 8.75. The fourth-order valence-electron chi connectivity index (χ4n) is 4.82. The van der Waals surface area contributed by atoms with Crippen molar-refractivity contribution in [3.63, 3.8) is 0 Å². The molecule has 2 aliphatic rings. The summed E-state index contributed by atoms with van der Waals surface area (Å²) in [7, 11) is 0. The van der Waals surface area contributed by atoms with E-state index in [1.165, 1.54) is 13.8 Å². The molecular weight excluding hydrogens is 416 g/mol. The Bertz CT molecular complexity index is 990. The first kappa shape index (κ1) is 21.5. The van der Waals surface area contributed by atoms with Gasteiger partial charge < -0.3 is 19.4 Å². The number of likely N-dealkylation sites (tertiary alicyclic amines) is 1. The van der Waals surface area contributed by atoms with E-state index >= 15 is 0 Å². The van der Waals surface area contributed by atoms with Crippen LogP contribution in [-0.4, -0.2) is 51.5 Å². The van der Waals surface area contributed by atoms with Crippen molar-refractivity contribution in [2.45, 2.75) is 51.7 Å². The molecule has 2 fully saturated rings. The van der Waals surface area contributed by atoms with Crippen molar-refractivity contribution in [3.05, 3.63) is 36.0 Å². The number of nitrogens with zero attached hydrogens (tertiary/aromatic N) is 1. The molecule has 1 aromatic carbocycles. The fourth-order valence-corrected chi connectivity index (χ4v) is 5.19. The maximum Gasteiger partial charge on any atom is 0.303 e. The van der Waals surface area contributed by atoms with Crippen molar-refractivity contribution >= 4 is 46.0 Å². The third-order valence-corrected chi connectivity index (χ3v) is 6.72. The summed E-state index contributed by atoms with van der Waals surface area (Å²) in [5.74, 6) is -1.33. The number of para-hydroxylation sites is 1. The monoisotopic (exact) mass is 442 g/mol. The highest BCUT2D eigenvalue weighted by molar-refractivity contribution is 7.80. The van der Waals surface area contributed by atoms with Crippen molar-refractivity contribution < 1.29 is 23.9 Å². The van der Waals surface area contributed by atoms with Gasteiger partial charge in [-0.2, -0.15) is 0 Å². The number of carbonyl (C=O) groups excluding carboxylic acids is 3. The Balaban J connectivity index is 1.54. The predicted octanol–water partition coefficient (Wildman–Crippen LogP) is 3.16. The van der Waals surface area contributed by atoms with Crippen molar-refractivity contribution in [1.82, 2.24) is 9.88 Å². The number of hydrogen-bond donors (Lipinski definition) is 1. The molecular formula is C23H26N2O5S. The van der Waals surface area contributed by atoms with Crippen LogP contribution in [0.5, 0.6) is 0 Å². The maximum atomic E-state index is 13.3. The molecule has 2 aromatic rings. The number of benzene rings is 1. The van der Waals surface area contributed by atoms with Crippen LogP contribution >= 0.6 is 12.2 Å². The molecule has 1 aliphatic carbocycles. The standard InChI is InChI=1S/C23H26N2O5S/c1-13(26)29-20-10-16-9-17(11-21(20)30-14(2)27)23(31)25(22(16)28)8-7-15-12-24-19-6-4-3-5-18(15)19/h3-6,12,16-17,20-21,24H,7-11H2,1-2H3/t16-,17+,20+,21-/m1/s1. The number of carbonyl (C=O) groups is 3. The van der Waals surface area contributed by atoms with Gasteiger partial charge in [0.25, 0.3) is 0 Å². The van der Waals surface area contributed by atoms with Crippen LogP contribution in [0.15, 0.2) is 30.5 Å². The van der Waals surface area contributed by atoms with Gasteiger partial charge in [0.15, 0.2) is 0 Å². The van der Waals surface area contributed by atoms with E-state index in [1.807, 2.05) is 24.4 Å². The number of rotatable bonds is 5. The normalized spacial score (nSPS) is 25.9. The number of hydrogen-bond acceptors (Lipinski definition) is 6. The minimum Gasteiger partial charge on any atom is -0.459 e. The summed E-state index contributed by atoms with van der Waals surface area (Å²) in [5.41, 5.74) is 2.20. The molecule has 0 unspecified atom stereocenters. The average Bonchev–Trinajstić information content (AvgIpc) is 3.05. The zero-order valence-electron chi connectivity index (χ0n) is 17.6. The molecule has 1 saturated carbocycles. The molecule has 31 heavy (non-hydrogen) atoms. The molecule has 1 aliphatic heterocycles. The molecule has 0 spiro atoms. The fraction of sp³-hybridized carbons (Fsp3) is 0.478. The quantitative estimate of drug-likeness (QED) is 0.565. The van der Waals surface area contributed by atoms with Crippen LogP contribution in [0, 0.1) is 11.8 Å². The van der Waals surface area contributed by atoms with E-state index in [2.05, 4.69) is 11.1 Å². The molecule has 1 N–H and O–H groups in total. The van der Waals surface area contributed by atoms with Gasteiger partial charge in [-0.15, -0.1) is 0 Å². The lowest BCUT2D eigenvalue weighted by Crippen LogP contribution is -2.49. The van der Waals surface area contributed by atoms with Crippen molar-refractivity contribution in [1.29, 1.82) is 0 Å². The third-order valence-electron chi connectivity index (χ3n) is 6.16. The Hall–Kier alpha value is -2.74. The van der Waals surface area contributed by atoms with E-state index in [1.54, 1.807) is 4.90 Å². The number of fused-ring (bicyclic) bond motifs is 3. The summed E-state index contributed by atoms with van der Waals surface area (Å²) in [6.07, 6.45) is 2.78. The summed E-state index contributed by atoms with van der Waals surface area (Å²) in [4.78, 5) is 42.1. The SMILES string of the molecule is CC(=O)O[C@H]1C[C@H]2C[C@@H](C[C@H]1OC(C)=O)C(=S)N(CCc1c[nH]c3ccccc13)C2=O. The number of ether oxygens (including phenoxy) is 2. The third kappa shape index (κ3) is 4.49. The number of piperidine rings is 1. The van der Waals surface area contributed by atoms with E-state index in [0.29, 0.717) is 37.2 Å². The highest BCUT2D eigenvalue weighted by Crippen LogP contribution is 2.38. The molecule has 1 amide bonds. The summed E-state index contributed by atoms with van der Waals surface area (Å²) in [6, 6.07) is 8.06. The smallest absolute Gasteiger partial charge is 0.303 e. The van der Waals surface area contributed by atoms with Crippen LogP contribution in [0.2, 0.25) is 0 Å². The molecule has 0 radical (unpaired) electrons. The first-order valence-corrected chi connectivity index (χ1v) is 11.0. The Morgan fingerprint density at radius 3 is 2.39 bits per heavy atom. The maximum absolute atomic E-state index is 13.3. The Morgan fingerprint density at radius 1 is 1.06 bits per heavy atom. The van der Waals surface area contributed by atoms with Gasteiger partial charge in [-0.1, -0.05) is 30.4 Å². The topological polar surface area (TPSA) is 88.7 Å². The number of aromatic nitrogens is 1. The average molecular weight is 443 g/mol. The number of aromatic amines is 1. The molecule has 164 valence electrons. The predicted molar refractivity (Wildman–Crippen MR) is 118 cm³/mol. The van der Waals surface area contributed by atoms with Crippen LogP contribution in [0.1, 0.15) is 38.7 Å². The summed E-state index contributed by atoms with van der Waals surface area (Å²) in [6.45, 7) is 3.14. The molecule has 4 atom stereocenters. The molecule has 2 heterocycles. The number of H-pyrrole nitrogens is 1. The second-order valence-electron chi connectivity index (χ2n) is 8.33. The number of nitrogens with one attached hydrogen (secondary N) is 1. The molecule has 1 aromatic heterocycles. The van der Waals surface area contributed by atoms with Gasteiger partial charge >= 0.3 is 11.9 Å². The summed E-state index contributed by atoms with van der Waals surface area (Å²) < 4.78 is 10.9. The minimum atomic E-state index is -0.642. The van der Waals surface area contributed by atoms with Gasteiger partial charge in [-0.25, -0.2) is 0 Å². The summed E-state index contributed by atoms with van der Waals surface area (Å²) in [5, 5.41) is 1.14. The minimum absolute atomic E-state index is 0.0401. The summed E-state index contributed by atoms with van der Waals surface area (Å²) >= 11 is 5.70. The van der Waals surface area contributed by atoms with E-state index in [9.17, 15) is 14.4 Å². The highest BCUT2D eigenvalue weighted by atomic mass is 32.1. The second kappa shape index (κ2) is 8.78. The molecule has 8 heteroatoms. The van der Waals surface area contributed by atoms with Gasteiger partial charge in [0.05, 0.1) is 4.99 Å². The van der Waals surface area contributed by atoms with Gasteiger partial charge in [0.2, 0.25) is 5.91 Å². The van der Waals surface area contributed by atoms with E-state index in [0.717, 1.165) is 16.5 Å². The lowest BCUT2D eigenvalue weighted by molar-refractivity contribution is -0.166. The Labute approximate surface area is 186 Å². The van der Waals surface area contributed by atoms with Gasteiger partial charge in [0, 0.05) is 49.3 Å². The van der Waals surface area contributed by atoms with Crippen LogP contribution in [0.3, 0.4) is 0 Å². The zero-order chi connectivity index (χ0) is 22.1. The van der Waals surface area contributed by atoms with Crippen molar-refractivity contribution in [2.24, 2.45) is 11.8 Å². The van der Waals surface area contributed by atoms with E-state index in [4.69, 9.17) is 21.7 Å². The van der Waals surface area contributed by atoms with Crippen LogP contribution in [0.4, 0.5) is 0 Å². The van der Waals surface area contributed by atoms with Gasteiger partial charge in [-0.05, 0) is 37.3 Å². The van der Waals surface area contributed by atoms with E-state index < -0.39 is 24.1 Å².